The molecule has 0 atom stereocenters. The van der Waals surface area contributed by atoms with E-state index in [1.807, 2.05) is 97.4 Å². The molecule has 6 heteroatoms. The molecular weight excluding hydrogens is 446 g/mol. The van der Waals surface area contributed by atoms with Crippen molar-refractivity contribution in [3.8, 4) is 22.8 Å². The van der Waals surface area contributed by atoms with Crippen molar-refractivity contribution in [2.24, 2.45) is 4.99 Å². The van der Waals surface area contributed by atoms with Crippen LogP contribution in [0.1, 0.15) is 30.7 Å². The summed E-state index contributed by atoms with van der Waals surface area (Å²) in [6.07, 6.45) is 1.77. The highest BCUT2D eigenvalue weighted by atomic mass is 35.5. The van der Waals surface area contributed by atoms with Crippen molar-refractivity contribution >= 4 is 22.9 Å². The number of halogens is 1. The van der Waals surface area contributed by atoms with Gasteiger partial charge < -0.3 is 9.84 Å². The lowest BCUT2D eigenvalue weighted by Gasteiger charge is -2.09. The van der Waals surface area contributed by atoms with Crippen molar-refractivity contribution in [1.82, 2.24) is 9.78 Å². The Kier molecular flexibility index (Phi) is 7.14. The van der Waals surface area contributed by atoms with Gasteiger partial charge in [0.25, 0.3) is 0 Å². The van der Waals surface area contributed by atoms with Crippen LogP contribution in [0.5, 0.6) is 11.5 Å². The zero-order valence-electron chi connectivity index (χ0n) is 19.4. The summed E-state index contributed by atoms with van der Waals surface area (Å²) in [7, 11) is 1.64. The van der Waals surface area contributed by atoms with Crippen LogP contribution in [0.3, 0.4) is 0 Å². The molecule has 3 aromatic carbocycles. The minimum absolute atomic E-state index is 0.106. The van der Waals surface area contributed by atoms with Gasteiger partial charge in [-0.2, -0.15) is 5.10 Å². The molecule has 4 rings (SSSR count). The lowest BCUT2D eigenvalue weighted by Crippen LogP contribution is -2.05. The number of aromatic hydroxyl groups is 1. The normalized spacial score (nSPS) is 12.1. The number of allylic oxidation sites excluding steroid dienone is 1. The third kappa shape index (κ3) is 5.21. The number of nitrogens with zero attached hydrogens (tertiary/aromatic N) is 3. The molecule has 5 nitrogen and oxygen atoms in total. The SMILES string of the molecule is COc1ccc(Cn2nc(/C(C)=N/C=C(\C)c3cccc(Cl)c3)c(O)c2-c2ccccc2)cc1. The van der Waals surface area contributed by atoms with Crippen LogP contribution in [0.2, 0.25) is 5.02 Å². The van der Waals surface area contributed by atoms with Crippen LogP contribution in [0.15, 0.2) is 90.1 Å². The number of methoxy groups -OCH3 is 1. The average Bonchev–Trinajstić information content (AvgIpc) is 3.18. The van der Waals surface area contributed by atoms with Crippen molar-refractivity contribution in [1.29, 1.82) is 0 Å². The van der Waals surface area contributed by atoms with E-state index in [0.29, 0.717) is 28.7 Å². The molecule has 172 valence electrons. The first-order valence-corrected chi connectivity index (χ1v) is 11.3. The fourth-order valence-electron chi connectivity index (χ4n) is 3.66. The molecule has 0 spiro atoms. The van der Waals surface area contributed by atoms with Crippen LogP contribution < -0.4 is 4.74 Å². The first-order valence-electron chi connectivity index (χ1n) is 10.9. The van der Waals surface area contributed by atoms with Gasteiger partial charge >= 0.3 is 0 Å². The number of hydrogen-bond acceptors (Lipinski definition) is 4. The third-order valence-electron chi connectivity index (χ3n) is 5.54. The van der Waals surface area contributed by atoms with Gasteiger partial charge in [-0.05, 0) is 54.8 Å². The van der Waals surface area contributed by atoms with E-state index < -0.39 is 0 Å². The molecule has 0 saturated heterocycles. The summed E-state index contributed by atoms with van der Waals surface area (Å²) in [6.45, 7) is 4.31. The fraction of sp³-hybridized carbons (Fsp3) is 0.143. The molecule has 1 heterocycles. The smallest absolute Gasteiger partial charge is 0.171 e. The molecule has 0 saturated carbocycles. The van der Waals surface area contributed by atoms with Crippen molar-refractivity contribution < 1.29 is 9.84 Å². The molecule has 0 aliphatic heterocycles. The van der Waals surface area contributed by atoms with Crippen LogP contribution >= 0.6 is 11.6 Å². The highest BCUT2D eigenvalue weighted by Gasteiger charge is 2.20. The number of aromatic nitrogens is 2. The van der Waals surface area contributed by atoms with Crippen molar-refractivity contribution in [2.75, 3.05) is 7.11 Å². The standard InChI is InChI=1S/C28H26ClN3O2/c1-19(23-10-7-11-24(29)16-23)17-30-20(2)26-28(33)27(22-8-5-4-6-9-22)32(31-26)18-21-12-14-25(34-3)15-13-21/h4-17,33H,18H2,1-3H3/b19-17+,30-20+. The quantitative estimate of drug-likeness (QED) is 0.300. The first-order chi connectivity index (χ1) is 16.5. The Labute approximate surface area is 204 Å². The summed E-state index contributed by atoms with van der Waals surface area (Å²) in [5, 5.41) is 16.6. The summed E-state index contributed by atoms with van der Waals surface area (Å²) < 4.78 is 7.07. The van der Waals surface area contributed by atoms with Crippen molar-refractivity contribution in [3.05, 3.63) is 107 Å². The minimum atomic E-state index is 0.106. The lowest BCUT2D eigenvalue weighted by molar-refractivity contribution is 0.414. The monoisotopic (exact) mass is 471 g/mol. The molecule has 34 heavy (non-hydrogen) atoms. The first kappa shape index (κ1) is 23.3. The van der Waals surface area contributed by atoms with Crippen LogP contribution in [0.4, 0.5) is 0 Å². The van der Waals surface area contributed by atoms with E-state index in [4.69, 9.17) is 21.4 Å². The van der Waals surface area contributed by atoms with Gasteiger partial charge in [-0.15, -0.1) is 0 Å². The highest BCUT2D eigenvalue weighted by Crippen LogP contribution is 2.33. The Hall–Kier alpha value is -3.83. The summed E-state index contributed by atoms with van der Waals surface area (Å²) in [5.74, 6) is 0.899. The molecule has 0 aliphatic rings. The molecule has 1 N–H and O–H groups in total. The Morgan fingerprint density at radius 3 is 2.44 bits per heavy atom. The Morgan fingerprint density at radius 2 is 1.76 bits per heavy atom. The predicted octanol–water partition coefficient (Wildman–Crippen LogP) is 6.84. The van der Waals surface area contributed by atoms with E-state index in [9.17, 15) is 5.11 Å². The van der Waals surface area contributed by atoms with Crippen LogP contribution in [0, 0.1) is 0 Å². The number of rotatable bonds is 7. The molecule has 0 bridgehead atoms. The largest absolute Gasteiger partial charge is 0.504 e. The fourth-order valence-corrected chi connectivity index (χ4v) is 3.85. The number of aliphatic imine (C=N–C) groups is 1. The number of hydrogen-bond donors (Lipinski definition) is 1. The van der Waals surface area contributed by atoms with Gasteiger partial charge in [0, 0.05) is 16.8 Å². The molecule has 4 aromatic rings. The number of benzene rings is 3. The second-order valence-corrected chi connectivity index (χ2v) is 8.39. The second-order valence-electron chi connectivity index (χ2n) is 7.95. The summed E-state index contributed by atoms with van der Waals surface area (Å²) in [5.41, 5.74) is 5.58. The maximum absolute atomic E-state index is 11.2. The van der Waals surface area contributed by atoms with Crippen molar-refractivity contribution in [2.45, 2.75) is 20.4 Å². The molecule has 0 aliphatic carbocycles. The highest BCUT2D eigenvalue weighted by molar-refractivity contribution is 6.30. The van der Waals surface area contributed by atoms with E-state index in [0.717, 1.165) is 28.0 Å². The van der Waals surface area contributed by atoms with Gasteiger partial charge in [-0.25, -0.2) is 0 Å². The predicted molar refractivity (Wildman–Crippen MR) is 139 cm³/mol. The van der Waals surface area contributed by atoms with Gasteiger partial charge in [0.1, 0.15) is 17.1 Å². The van der Waals surface area contributed by atoms with Crippen LogP contribution in [0.25, 0.3) is 16.8 Å². The molecule has 0 amide bonds. The van der Waals surface area contributed by atoms with Gasteiger partial charge in [-0.3, -0.25) is 9.67 Å². The summed E-state index contributed by atoms with van der Waals surface area (Å²) in [4.78, 5) is 4.60. The second kappa shape index (κ2) is 10.4. The Balaban J connectivity index is 1.72. The lowest BCUT2D eigenvalue weighted by atomic mass is 10.1. The molecule has 0 fully saturated rings. The summed E-state index contributed by atoms with van der Waals surface area (Å²) in [6, 6.07) is 25.2. The van der Waals surface area contributed by atoms with Gasteiger partial charge in [-0.1, -0.05) is 66.2 Å². The van der Waals surface area contributed by atoms with Gasteiger partial charge in [0.15, 0.2) is 5.75 Å². The van der Waals surface area contributed by atoms with E-state index in [1.165, 1.54) is 0 Å². The summed E-state index contributed by atoms with van der Waals surface area (Å²) >= 11 is 6.11. The molecule has 0 unspecified atom stereocenters. The molecule has 0 radical (unpaired) electrons. The van der Waals surface area contributed by atoms with Crippen molar-refractivity contribution in [3.63, 3.8) is 0 Å². The number of ether oxygens (including phenoxy) is 1. The zero-order valence-corrected chi connectivity index (χ0v) is 20.1. The van der Waals surface area contributed by atoms with E-state index in [1.54, 1.807) is 13.3 Å². The Bertz CT molecular complexity index is 1340. The van der Waals surface area contributed by atoms with E-state index in [2.05, 4.69) is 4.99 Å². The molecular formula is C28H26ClN3O2. The van der Waals surface area contributed by atoms with Gasteiger partial charge in [0.05, 0.1) is 19.4 Å². The van der Waals surface area contributed by atoms with Crippen LogP contribution in [-0.4, -0.2) is 27.7 Å². The molecule has 1 aromatic heterocycles. The maximum atomic E-state index is 11.2. The average molecular weight is 472 g/mol. The van der Waals surface area contributed by atoms with E-state index >= 15 is 0 Å². The topological polar surface area (TPSA) is 59.6 Å². The van der Waals surface area contributed by atoms with E-state index in [-0.39, 0.29) is 5.75 Å². The third-order valence-corrected chi connectivity index (χ3v) is 5.78. The van der Waals surface area contributed by atoms with Crippen LogP contribution in [-0.2, 0) is 6.54 Å². The maximum Gasteiger partial charge on any atom is 0.171 e. The Morgan fingerprint density at radius 1 is 1.03 bits per heavy atom. The minimum Gasteiger partial charge on any atom is -0.504 e. The zero-order chi connectivity index (χ0) is 24.1. The van der Waals surface area contributed by atoms with Gasteiger partial charge in [0.2, 0.25) is 0 Å².